The Labute approximate surface area is 94.6 Å². The molecule has 0 N–H and O–H groups in total. The van der Waals surface area contributed by atoms with Crippen LogP contribution in [0.1, 0.15) is 22.8 Å². The third-order valence-corrected chi connectivity index (χ3v) is 2.35. The molecule has 0 fully saturated rings. The largest absolute Gasteiger partial charge is 0.202 e. The predicted octanol–water partition coefficient (Wildman–Crippen LogP) is 2.09. The zero-order valence-corrected chi connectivity index (χ0v) is 9.68. The van der Waals surface area contributed by atoms with E-state index in [0.29, 0.717) is 0 Å². The smallest absolute Gasteiger partial charge is 0.151 e. The lowest BCUT2D eigenvalue weighted by molar-refractivity contribution is 0.799. The first-order valence-electron chi connectivity index (χ1n) is 5.16. The van der Waals surface area contributed by atoms with E-state index < -0.39 is 0 Å². The van der Waals surface area contributed by atoms with Gasteiger partial charge in [-0.2, -0.15) is 5.10 Å². The van der Waals surface area contributed by atoms with Gasteiger partial charge in [0.05, 0.1) is 6.21 Å². The summed E-state index contributed by atoms with van der Waals surface area (Å²) in [6, 6.07) is 8.20. The molecule has 0 amide bonds. The molecule has 0 unspecified atom stereocenters. The maximum absolute atomic E-state index is 4.33. The van der Waals surface area contributed by atoms with Crippen LogP contribution in [0.2, 0.25) is 0 Å². The summed E-state index contributed by atoms with van der Waals surface area (Å²) in [5.74, 6) is 1.58. The van der Waals surface area contributed by atoms with Gasteiger partial charge in [-0.15, -0.1) is 10.2 Å². The van der Waals surface area contributed by atoms with Gasteiger partial charge in [0.1, 0.15) is 0 Å². The van der Waals surface area contributed by atoms with Gasteiger partial charge in [-0.1, -0.05) is 29.8 Å². The van der Waals surface area contributed by atoms with Gasteiger partial charge in [-0.05, 0) is 26.3 Å². The van der Waals surface area contributed by atoms with E-state index in [1.54, 1.807) is 4.68 Å². The summed E-state index contributed by atoms with van der Waals surface area (Å²) < 4.78 is 1.72. The van der Waals surface area contributed by atoms with Crippen molar-refractivity contribution in [2.45, 2.75) is 20.8 Å². The fraction of sp³-hybridized carbons (Fsp3) is 0.250. The average molecular weight is 214 g/mol. The number of rotatable bonds is 2. The van der Waals surface area contributed by atoms with Crippen molar-refractivity contribution in [1.29, 1.82) is 0 Å². The summed E-state index contributed by atoms with van der Waals surface area (Å²) in [7, 11) is 0. The minimum absolute atomic E-state index is 0.792. The van der Waals surface area contributed by atoms with Gasteiger partial charge in [0.2, 0.25) is 0 Å². The summed E-state index contributed by atoms with van der Waals surface area (Å²) in [6.07, 6.45) is 1.81. The first-order chi connectivity index (χ1) is 7.66. The molecule has 1 heterocycles. The molecule has 1 aromatic heterocycles. The molecule has 0 saturated heterocycles. The van der Waals surface area contributed by atoms with Crippen molar-refractivity contribution in [1.82, 2.24) is 14.9 Å². The molecule has 82 valence electrons. The first kappa shape index (κ1) is 10.5. The molecule has 16 heavy (non-hydrogen) atoms. The van der Waals surface area contributed by atoms with Gasteiger partial charge in [-0.3, -0.25) is 0 Å². The van der Waals surface area contributed by atoms with Crippen LogP contribution in [0.25, 0.3) is 0 Å². The number of hydrogen-bond donors (Lipinski definition) is 0. The highest BCUT2D eigenvalue weighted by Crippen LogP contribution is 2.02. The van der Waals surface area contributed by atoms with E-state index in [4.69, 9.17) is 0 Å². The molecule has 0 atom stereocenters. The van der Waals surface area contributed by atoms with Crippen LogP contribution in [0, 0.1) is 20.8 Å². The number of aromatic nitrogens is 3. The van der Waals surface area contributed by atoms with Gasteiger partial charge in [-0.25, -0.2) is 4.68 Å². The van der Waals surface area contributed by atoms with Crippen molar-refractivity contribution in [3.8, 4) is 0 Å². The van der Waals surface area contributed by atoms with E-state index in [0.717, 1.165) is 17.2 Å². The Bertz CT molecular complexity index is 489. The van der Waals surface area contributed by atoms with Crippen molar-refractivity contribution >= 4 is 6.21 Å². The van der Waals surface area contributed by atoms with Crippen LogP contribution >= 0.6 is 0 Å². The van der Waals surface area contributed by atoms with Gasteiger partial charge in [0.25, 0.3) is 0 Å². The van der Waals surface area contributed by atoms with Crippen LogP contribution in [0.5, 0.6) is 0 Å². The van der Waals surface area contributed by atoms with Crippen molar-refractivity contribution < 1.29 is 0 Å². The lowest BCUT2D eigenvalue weighted by Gasteiger charge is -1.97. The van der Waals surface area contributed by atoms with Crippen molar-refractivity contribution in [3.05, 3.63) is 47.0 Å². The van der Waals surface area contributed by atoms with Crippen molar-refractivity contribution in [2.75, 3.05) is 0 Å². The first-order valence-corrected chi connectivity index (χ1v) is 5.16. The van der Waals surface area contributed by atoms with Gasteiger partial charge >= 0.3 is 0 Å². The zero-order chi connectivity index (χ0) is 11.5. The Morgan fingerprint density at radius 1 is 1.00 bits per heavy atom. The van der Waals surface area contributed by atoms with E-state index in [2.05, 4.69) is 34.4 Å². The van der Waals surface area contributed by atoms with Crippen LogP contribution in [0.15, 0.2) is 29.4 Å². The highest BCUT2D eigenvalue weighted by atomic mass is 15.4. The summed E-state index contributed by atoms with van der Waals surface area (Å²) >= 11 is 0. The molecule has 0 aliphatic carbocycles. The van der Waals surface area contributed by atoms with E-state index in [-0.39, 0.29) is 0 Å². The Morgan fingerprint density at radius 3 is 2.12 bits per heavy atom. The van der Waals surface area contributed by atoms with Crippen molar-refractivity contribution in [2.24, 2.45) is 5.10 Å². The second-order valence-electron chi connectivity index (χ2n) is 3.76. The van der Waals surface area contributed by atoms with E-state index >= 15 is 0 Å². The minimum Gasteiger partial charge on any atom is -0.202 e. The number of aryl methyl sites for hydroxylation is 3. The fourth-order valence-corrected chi connectivity index (χ4v) is 1.41. The van der Waals surface area contributed by atoms with Crippen LogP contribution < -0.4 is 0 Å². The number of hydrogen-bond acceptors (Lipinski definition) is 3. The summed E-state index contributed by atoms with van der Waals surface area (Å²) in [6.45, 7) is 5.83. The van der Waals surface area contributed by atoms with Gasteiger partial charge < -0.3 is 0 Å². The monoisotopic (exact) mass is 214 g/mol. The van der Waals surface area contributed by atoms with Gasteiger partial charge in [0.15, 0.2) is 11.6 Å². The average Bonchev–Trinajstić information content (AvgIpc) is 2.59. The summed E-state index contributed by atoms with van der Waals surface area (Å²) in [5, 5.41) is 12.2. The maximum Gasteiger partial charge on any atom is 0.151 e. The SMILES string of the molecule is Cc1ccc(C=Nn2c(C)nnc2C)cc1. The summed E-state index contributed by atoms with van der Waals surface area (Å²) in [4.78, 5) is 0. The third kappa shape index (κ3) is 2.16. The van der Waals surface area contributed by atoms with E-state index in [1.165, 1.54) is 5.56 Å². The highest BCUT2D eigenvalue weighted by molar-refractivity contribution is 5.79. The third-order valence-electron chi connectivity index (χ3n) is 2.35. The Kier molecular flexibility index (Phi) is 2.81. The quantitative estimate of drug-likeness (QED) is 0.718. The molecule has 0 radical (unpaired) electrons. The minimum atomic E-state index is 0.792. The maximum atomic E-state index is 4.33. The highest BCUT2D eigenvalue weighted by Gasteiger charge is 2.00. The van der Waals surface area contributed by atoms with Crippen LogP contribution in [0.3, 0.4) is 0 Å². The molecule has 4 heteroatoms. The lowest BCUT2D eigenvalue weighted by Crippen LogP contribution is -1.96. The predicted molar refractivity (Wildman–Crippen MR) is 63.7 cm³/mol. The van der Waals surface area contributed by atoms with Crippen LogP contribution in [0.4, 0.5) is 0 Å². The fourth-order valence-electron chi connectivity index (χ4n) is 1.41. The molecule has 0 bridgehead atoms. The van der Waals surface area contributed by atoms with Crippen LogP contribution in [-0.2, 0) is 0 Å². The molecular formula is C12H14N4. The molecule has 1 aromatic carbocycles. The normalized spacial score (nSPS) is 11.2. The van der Waals surface area contributed by atoms with Crippen molar-refractivity contribution in [3.63, 3.8) is 0 Å². The molecule has 0 spiro atoms. The molecule has 0 aliphatic heterocycles. The Morgan fingerprint density at radius 2 is 1.56 bits per heavy atom. The Hall–Kier alpha value is -1.97. The molecule has 2 rings (SSSR count). The Balaban J connectivity index is 2.24. The number of benzene rings is 1. The van der Waals surface area contributed by atoms with Gasteiger partial charge in [0, 0.05) is 0 Å². The molecule has 0 saturated carbocycles. The number of nitrogens with zero attached hydrogens (tertiary/aromatic N) is 4. The van der Waals surface area contributed by atoms with E-state index in [9.17, 15) is 0 Å². The standard InChI is InChI=1S/C12H14N4/c1-9-4-6-12(7-5-9)8-13-16-10(2)14-15-11(16)3/h4-8H,1-3H3. The second-order valence-corrected chi connectivity index (χ2v) is 3.76. The molecular weight excluding hydrogens is 200 g/mol. The van der Waals surface area contributed by atoms with Crippen LogP contribution in [-0.4, -0.2) is 21.1 Å². The second kappa shape index (κ2) is 4.26. The zero-order valence-electron chi connectivity index (χ0n) is 9.68. The van der Waals surface area contributed by atoms with E-state index in [1.807, 2.05) is 32.2 Å². The topological polar surface area (TPSA) is 43.1 Å². The molecule has 0 aliphatic rings. The molecule has 2 aromatic rings. The lowest BCUT2D eigenvalue weighted by atomic mass is 10.2. The summed E-state index contributed by atoms with van der Waals surface area (Å²) in [5.41, 5.74) is 2.31. The molecule has 4 nitrogen and oxygen atoms in total.